The van der Waals surface area contributed by atoms with Crippen molar-refractivity contribution in [3.8, 4) is 0 Å². The molecule has 0 spiro atoms. The van der Waals surface area contributed by atoms with E-state index in [1.54, 1.807) is 0 Å². The molecule has 0 saturated heterocycles. The van der Waals surface area contributed by atoms with Gasteiger partial charge in [-0.25, -0.2) is 5.84 Å². The molecule has 3 aromatic rings. The predicted octanol–water partition coefficient (Wildman–Crippen LogP) is 2.87. The number of anilines is 1. The Morgan fingerprint density at radius 3 is 2.29 bits per heavy atom. The summed E-state index contributed by atoms with van der Waals surface area (Å²) in [6.45, 7) is 1.20. The number of amides is 1. The van der Waals surface area contributed by atoms with Gasteiger partial charge in [-0.2, -0.15) is 5.10 Å². The number of hydrogen-bond donors (Lipinski definition) is 2. The fraction of sp³-hybridized carbons (Fsp3) is 0.227. The second kappa shape index (κ2) is 8.19. The molecule has 2 heterocycles. The van der Waals surface area contributed by atoms with Crippen LogP contribution in [0.5, 0.6) is 0 Å². The van der Waals surface area contributed by atoms with E-state index in [1.165, 1.54) is 0 Å². The lowest BCUT2D eigenvalue weighted by Gasteiger charge is -2.30. The first-order valence-corrected chi connectivity index (χ1v) is 9.44. The quantitative estimate of drug-likeness (QED) is 0.531. The van der Waals surface area contributed by atoms with Crippen LogP contribution >= 0.6 is 0 Å². The van der Waals surface area contributed by atoms with Crippen LogP contribution in [0.4, 0.5) is 5.82 Å². The summed E-state index contributed by atoms with van der Waals surface area (Å²) in [5.74, 6) is 6.13. The van der Waals surface area contributed by atoms with Crippen molar-refractivity contribution in [1.29, 1.82) is 0 Å². The summed E-state index contributed by atoms with van der Waals surface area (Å²) in [4.78, 5) is 15.1. The van der Waals surface area contributed by atoms with Gasteiger partial charge in [-0.05, 0) is 22.8 Å². The molecule has 0 unspecified atom stereocenters. The predicted molar refractivity (Wildman–Crippen MR) is 108 cm³/mol. The largest absolute Gasteiger partial charge is 0.338 e. The molecular formula is C22H23N5O. The molecule has 6 heteroatoms. The Morgan fingerprint density at radius 2 is 1.68 bits per heavy atom. The van der Waals surface area contributed by atoms with Gasteiger partial charge in [-0.1, -0.05) is 60.7 Å². The third-order valence-corrected chi connectivity index (χ3v) is 5.22. The smallest absolute Gasteiger partial charge is 0.223 e. The highest BCUT2D eigenvalue weighted by Gasteiger charge is 2.26. The number of nitrogens with zero attached hydrogens (tertiary/aromatic N) is 3. The maximum absolute atomic E-state index is 13.2. The second-order valence-corrected chi connectivity index (χ2v) is 6.99. The lowest BCUT2D eigenvalue weighted by molar-refractivity contribution is -0.132. The van der Waals surface area contributed by atoms with Crippen molar-refractivity contribution in [2.24, 2.45) is 5.84 Å². The molecule has 0 bridgehead atoms. The normalized spacial score (nSPS) is 13.3. The number of aromatic nitrogens is 2. The van der Waals surface area contributed by atoms with E-state index in [9.17, 15) is 4.79 Å². The van der Waals surface area contributed by atoms with Gasteiger partial charge in [0.05, 0.1) is 5.69 Å². The van der Waals surface area contributed by atoms with Gasteiger partial charge in [0.25, 0.3) is 0 Å². The van der Waals surface area contributed by atoms with Crippen LogP contribution in [0.25, 0.3) is 0 Å². The van der Waals surface area contributed by atoms with Crippen LogP contribution in [0.3, 0.4) is 0 Å². The SMILES string of the molecule is NNc1cc2c(nn1)CCN(C(=O)CC(c1ccccc1)c1ccccc1)C2. The van der Waals surface area contributed by atoms with Crippen molar-refractivity contribution in [3.63, 3.8) is 0 Å². The van der Waals surface area contributed by atoms with Crippen molar-refractivity contribution >= 4 is 11.7 Å². The minimum Gasteiger partial charge on any atom is -0.338 e. The molecule has 1 aliphatic rings. The topological polar surface area (TPSA) is 84.1 Å². The van der Waals surface area contributed by atoms with E-state index in [-0.39, 0.29) is 11.8 Å². The van der Waals surface area contributed by atoms with E-state index < -0.39 is 0 Å². The maximum Gasteiger partial charge on any atom is 0.223 e. The molecule has 28 heavy (non-hydrogen) atoms. The first-order valence-electron chi connectivity index (χ1n) is 9.44. The Bertz CT molecular complexity index is 906. The van der Waals surface area contributed by atoms with Crippen molar-refractivity contribution in [2.45, 2.75) is 25.3 Å². The van der Waals surface area contributed by atoms with Gasteiger partial charge in [-0.3, -0.25) is 4.79 Å². The average Bonchev–Trinajstić information content (AvgIpc) is 2.77. The number of hydrazine groups is 1. The molecule has 1 amide bonds. The van der Waals surface area contributed by atoms with Crippen molar-refractivity contribution in [1.82, 2.24) is 15.1 Å². The van der Waals surface area contributed by atoms with Gasteiger partial charge in [-0.15, -0.1) is 5.10 Å². The third kappa shape index (κ3) is 3.87. The lowest BCUT2D eigenvalue weighted by atomic mass is 9.88. The summed E-state index contributed by atoms with van der Waals surface area (Å²) in [5.41, 5.74) is 6.76. The number of carbonyl (C=O) groups is 1. The summed E-state index contributed by atoms with van der Waals surface area (Å²) in [7, 11) is 0. The molecule has 0 atom stereocenters. The van der Waals surface area contributed by atoms with Crippen LogP contribution in [0.15, 0.2) is 66.7 Å². The zero-order valence-corrected chi connectivity index (χ0v) is 15.6. The van der Waals surface area contributed by atoms with E-state index in [0.29, 0.717) is 31.7 Å². The summed E-state index contributed by atoms with van der Waals surface area (Å²) < 4.78 is 0. The summed E-state index contributed by atoms with van der Waals surface area (Å²) in [5, 5.41) is 8.23. The Balaban J connectivity index is 1.55. The molecule has 142 valence electrons. The van der Waals surface area contributed by atoms with Crippen LogP contribution in [-0.2, 0) is 17.8 Å². The number of nitrogen functional groups attached to an aromatic ring is 1. The Morgan fingerprint density at radius 1 is 1.04 bits per heavy atom. The molecular weight excluding hydrogens is 350 g/mol. The fourth-order valence-electron chi connectivity index (χ4n) is 3.71. The highest BCUT2D eigenvalue weighted by Crippen LogP contribution is 2.29. The molecule has 6 nitrogen and oxygen atoms in total. The Labute approximate surface area is 164 Å². The molecule has 0 radical (unpaired) electrons. The molecule has 0 saturated carbocycles. The lowest BCUT2D eigenvalue weighted by Crippen LogP contribution is -2.37. The summed E-state index contributed by atoms with van der Waals surface area (Å²) in [6, 6.07) is 22.3. The van der Waals surface area contributed by atoms with E-state index in [1.807, 2.05) is 47.4 Å². The first-order chi connectivity index (χ1) is 13.7. The van der Waals surface area contributed by atoms with Gasteiger partial charge < -0.3 is 10.3 Å². The van der Waals surface area contributed by atoms with Crippen LogP contribution in [0, 0.1) is 0 Å². The van der Waals surface area contributed by atoms with E-state index >= 15 is 0 Å². The van der Waals surface area contributed by atoms with E-state index in [4.69, 9.17) is 5.84 Å². The molecule has 4 rings (SSSR count). The van der Waals surface area contributed by atoms with Gasteiger partial charge >= 0.3 is 0 Å². The first kappa shape index (κ1) is 18.1. The maximum atomic E-state index is 13.2. The van der Waals surface area contributed by atoms with E-state index in [0.717, 1.165) is 22.4 Å². The van der Waals surface area contributed by atoms with Crippen molar-refractivity contribution < 1.29 is 4.79 Å². The number of nitrogens with one attached hydrogen (secondary N) is 1. The van der Waals surface area contributed by atoms with Crippen LogP contribution in [-0.4, -0.2) is 27.5 Å². The van der Waals surface area contributed by atoms with Crippen LogP contribution in [0.2, 0.25) is 0 Å². The minimum atomic E-state index is 0.0353. The van der Waals surface area contributed by atoms with Gasteiger partial charge in [0, 0.05) is 31.8 Å². The monoisotopic (exact) mass is 373 g/mol. The number of hydrogen-bond acceptors (Lipinski definition) is 5. The molecule has 1 aliphatic heterocycles. The average molecular weight is 373 g/mol. The zero-order chi connectivity index (χ0) is 19.3. The van der Waals surface area contributed by atoms with Gasteiger partial charge in [0.2, 0.25) is 5.91 Å². The van der Waals surface area contributed by atoms with Crippen LogP contribution < -0.4 is 11.3 Å². The third-order valence-electron chi connectivity index (χ3n) is 5.22. The second-order valence-electron chi connectivity index (χ2n) is 6.99. The summed E-state index contributed by atoms with van der Waals surface area (Å²) in [6.07, 6.45) is 1.14. The van der Waals surface area contributed by atoms with E-state index in [2.05, 4.69) is 39.9 Å². The van der Waals surface area contributed by atoms with Gasteiger partial charge in [0.1, 0.15) is 0 Å². The summed E-state index contributed by atoms with van der Waals surface area (Å²) >= 11 is 0. The highest BCUT2D eigenvalue weighted by atomic mass is 16.2. The molecule has 3 N–H and O–H groups in total. The Kier molecular flexibility index (Phi) is 5.30. The van der Waals surface area contributed by atoms with Crippen LogP contribution in [0.1, 0.15) is 34.7 Å². The Hall–Kier alpha value is -3.25. The molecule has 2 aromatic carbocycles. The van der Waals surface area contributed by atoms with Crippen molar-refractivity contribution in [3.05, 3.63) is 89.1 Å². The van der Waals surface area contributed by atoms with Gasteiger partial charge in [0.15, 0.2) is 5.82 Å². The highest BCUT2D eigenvalue weighted by molar-refractivity contribution is 5.78. The number of fused-ring (bicyclic) bond motifs is 1. The number of benzene rings is 2. The number of carbonyl (C=O) groups excluding carboxylic acids is 1. The minimum absolute atomic E-state index is 0.0353. The molecule has 1 aromatic heterocycles. The number of nitrogens with two attached hydrogens (primary N) is 1. The fourth-order valence-corrected chi connectivity index (χ4v) is 3.71. The number of rotatable bonds is 5. The zero-order valence-electron chi connectivity index (χ0n) is 15.6. The molecule has 0 aliphatic carbocycles. The van der Waals surface area contributed by atoms with Crippen molar-refractivity contribution in [2.75, 3.05) is 12.0 Å². The molecule has 0 fully saturated rings. The standard InChI is InChI=1S/C22H23N5O/c23-24-21-13-18-15-27(12-11-20(18)25-26-21)22(28)14-19(16-7-3-1-4-8-16)17-9-5-2-6-10-17/h1-10,13,19H,11-12,14-15,23H2,(H,24,26).